The minimum Gasteiger partial charge on any atom is -0.389 e. The van der Waals surface area contributed by atoms with Gasteiger partial charge in [-0.25, -0.2) is 27.5 Å². The standard InChI is InChI=1S/C25H40N8O3S/c1-6-31(7-2)12-8-9-15-37(35,36)33-13-10-21(11-14-33)29-24-27-17-22(26-5)23(30-24)20-16-28-32(18-20)19-25(3,4)34/h16-18,21,34H,6-15,19H2,1-4H3,(H,27,29,30). The van der Waals surface area contributed by atoms with Crippen molar-refractivity contribution in [3.8, 4) is 11.3 Å². The first-order valence-corrected chi connectivity index (χ1v) is 14.6. The number of anilines is 1. The van der Waals surface area contributed by atoms with Gasteiger partial charge in [0.15, 0.2) is 0 Å². The van der Waals surface area contributed by atoms with Crippen LogP contribution in [0.15, 0.2) is 18.6 Å². The average molecular weight is 533 g/mol. The summed E-state index contributed by atoms with van der Waals surface area (Å²) >= 11 is 0. The molecular formula is C25H40N8O3S. The summed E-state index contributed by atoms with van der Waals surface area (Å²) in [5, 5.41) is 17.7. The molecule has 3 heterocycles. The molecule has 12 heteroatoms. The van der Waals surface area contributed by atoms with Gasteiger partial charge in [-0.2, -0.15) is 5.10 Å². The summed E-state index contributed by atoms with van der Waals surface area (Å²) in [6.07, 6.45) is 7.74. The molecule has 1 fully saturated rings. The average Bonchev–Trinajstić information content (AvgIpc) is 3.31. The van der Waals surface area contributed by atoms with Crippen molar-refractivity contribution in [3.63, 3.8) is 0 Å². The summed E-state index contributed by atoms with van der Waals surface area (Å²) in [6.45, 7) is 19.3. The van der Waals surface area contributed by atoms with Gasteiger partial charge in [0.2, 0.25) is 21.7 Å². The molecule has 0 radical (unpaired) electrons. The van der Waals surface area contributed by atoms with Gasteiger partial charge in [0.05, 0.1) is 36.4 Å². The van der Waals surface area contributed by atoms with Gasteiger partial charge in [-0.3, -0.25) is 4.68 Å². The third kappa shape index (κ3) is 8.46. The van der Waals surface area contributed by atoms with E-state index < -0.39 is 15.6 Å². The lowest BCUT2D eigenvalue weighted by Gasteiger charge is -2.31. The normalized spacial score (nSPS) is 15.7. The number of nitrogens with zero attached hydrogens (tertiary/aromatic N) is 7. The maximum Gasteiger partial charge on any atom is 0.231 e. The number of unbranched alkanes of at least 4 members (excludes halogenated alkanes) is 1. The zero-order chi connectivity index (χ0) is 27.1. The highest BCUT2D eigenvalue weighted by molar-refractivity contribution is 7.89. The fourth-order valence-corrected chi connectivity index (χ4v) is 6.05. The zero-order valence-corrected chi connectivity index (χ0v) is 23.2. The van der Waals surface area contributed by atoms with Gasteiger partial charge in [-0.05, 0) is 59.2 Å². The van der Waals surface area contributed by atoms with Crippen LogP contribution in [-0.2, 0) is 16.6 Å². The van der Waals surface area contributed by atoms with Gasteiger partial charge in [0, 0.05) is 37.1 Å². The molecule has 0 unspecified atom stereocenters. The van der Waals surface area contributed by atoms with Crippen LogP contribution < -0.4 is 5.32 Å². The van der Waals surface area contributed by atoms with Gasteiger partial charge < -0.3 is 15.3 Å². The van der Waals surface area contributed by atoms with Crippen LogP contribution in [0.25, 0.3) is 16.1 Å². The minimum absolute atomic E-state index is 0.0404. The van der Waals surface area contributed by atoms with Crippen molar-refractivity contribution in [2.45, 2.75) is 71.6 Å². The molecule has 1 saturated heterocycles. The Kier molecular flexibility index (Phi) is 10.0. The molecule has 1 aliphatic heterocycles. The van der Waals surface area contributed by atoms with Crippen molar-refractivity contribution < 1.29 is 13.5 Å². The predicted molar refractivity (Wildman–Crippen MR) is 145 cm³/mol. The highest BCUT2D eigenvalue weighted by Gasteiger charge is 2.28. The molecule has 11 nitrogen and oxygen atoms in total. The number of hydrogen-bond acceptors (Lipinski definition) is 8. The van der Waals surface area contributed by atoms with Gasteiger partial charge in [-0.15, -0.1) is 0 Å². The quantitative estimate of drug-likeness (QED) is 0.298. The summed E-state index contributed by atoms with van der Waals surface area (Å²) in [5.74, 6) is 0.591. The molecule has 3 rings (SSSR count). The van der Waals surface area contributed by atoms with E-state index in [1.165, 1.54) is 6.20 Å². The Bertz CT molecular complexity index is 1160. The Morgan fingerprint density at radius 2 is 1.92 bits per heavy atom. The first-order chi connectivity index (χ1) is 17.5. The zero-order valence-electron chi connectivity index (χ0n) is 22.4. The monoisotopic (exact) mass is 532 g/mol. The molecule has 204 valence electrons. The number of nitrogens with one attached hydrogen (secondary N) is 1. The lowest BCUT2D eigenvalue weighted by molar-refractivity contribution is 0.0577. The molecular weight excluding hydrogens is 492 g/mol. The van der Waals surface area contributed by atoms with Crippen LogP contribution in [0.4, 0.5) is 11.6 Å². The molecule has 0 saturated carbocycles. The van der Waals surface area contributed by atoms with Crippen molar-refractivity contribution in [1.82, 2.24) is 29.0 Å². The van der Waals surface area contributed by atoms with Crippen molar-refractivity contribution >= 4 is 21.7 Å². The van der Waals surface area contributed by atoms with Crippen LogP contribution >= 0.6 is 0 Å². The van der Waals surface area contributed by atoms with Crippen LogP contribution in [0.5, 0.6) is 0 Å². The molecule has 0 aliphatic carbocycles. The molecule has 0 spiro atoms. The number of aromatic nitrogens is 4. The van der Waals surface area contributed by atoms with Gasteiger partial charge >= 0.3 is 0 Å². The molecule has 37 heavy (non-hydrogen) atoms. The van der Waals surface area contributed by atoms with Gasteiger partial charge in [0.25, 0.3) is 0 Å². The Balaban J connectivity index is 1.56. The first-order valence-electron chi connectivity index (χ1n) is 13.0. The van der Waals surface area contributed by atoms with Crippen LogP contribution in [0, 0.1) is 6.57 Å². The third-order valence-corrected chi connectivity index (χ3v) is 8.50. The summed E-state index contributed by atoms with van der Waals surface area (Å²) in [4.78, 5) is 14.7. The van der Waals surface area contributed by atoms with Crippen molar-refractivity contribution in [3.05, 3.63) is 30.0 Å². The molecule has 1 aliphatic rings. The summed E-state index contributed by atoms with van der Waals surface area (Å²) in [6, 6.07) is 0.0404. The number of rotatable bonds is 13. The second-order valence-corrected chi connectivity index (χ2v) is 12.2. The van der Waals surface area contributed by atoms with Crippen LogP contribution in [0.1, 0.15) is 53.4 Å². The Hall–Kier alpha value is -2.59. The topological polar surface area (TPSA) is 121 Å². The molecule has 0 amide bonds. The van der Waals surface area contributed by atoms with Crippen molar-refractivity contribution in [1.29, 1.82) is 0 Å². The second-order valence-electron chi connectivity index (χ2n) is 10.1. The fourth-order valence-electron chi connectivity index (χ4n) is 4.46. The van der Waals surface area contributed by atoms with Crippen molar-refractivity contribution in [2.24, 2.45) is 0 Å². The number of sulfonamides is 1. The molecule has 2 N–H and O–H groups in total. The largest absolute Gasteiger partial charge is 0.389 e. The lowest BCUT2D eigenvalue weighted by Crippen LogP contribution is -2.43. The van der Waals surface area contributed by atoms with E-state index in [9.17, 15) is 13.5 Å². The molecule has 0 bridgehead atoms. The Morgan fingerprint density at radius 1 is 1.22 bits per heavy atom. The highest BCUT2D eigenvalue weighted by Crippen LogP contribution is 2.29. The van der Waals surface area contributed by atoms with E-state index in [0.29, 0.717) is 61.8 Å². The Morgan fingerprint density at radius 3 is 2.54 bits per heavy atom. The molecule has 0 atom stereocenters. The van der Waals surface area contributed by atoms with E-state index in [-0.39, 0.29) is 11.8 Å². The highest BCUT2D eigenvalue weighted by atomic mass is 32.2. The van der Waals surface area contributed by atoms with E-state index >= 15 is 0 Å². The molecule has 2 aromatic rings. The number of aliphatic hydroxyl groups is 1. The maximum atomic E-state index is 12.8. The number of hydrogen-bond donors (Lipinski definition) is 2. The SMILES string of the molecule is [C-]#[N+]c1cnc(NC2CCN(S(=O)(=O)CCCCN(CC)CC)CC2)nc1-c1cnn(CC(C)(C)O)c1. The first kappa shape index (κ1) is 29.0. The van der Waals surface area contributed by atoms with E-state index in [0.717, 1.165) is 26.1 Å². The second kappa shape index (κ2) is 12.8. The van der Waals surface area contributed by atoms with Gasteiger partial charge in [0.1, 0.15) is 0 Å². The minimum atomic E-state index is -3.26. The van der Waals surface area contributed by atoms with E-state index in [4.69, 9.17) is 6.57 Å². The molecule has 0 aromatic carbocycles. The smallest absolute Gasteiger partial charge is 0.231 e. The van der Waals surface area contributed by atoms with E-state index in [1.54, 1.807) is 35.2 Å². The van der Waals surface area contributed by atoms with Crippen LogP contribution in [0.3, 0.4) is 0 Å². The third-order valence-electron chi connectivity index (χ3n) is 6.55. The summed E-state index contributed by atoms with van der Waals surface area (Å²) in [7, 11) is -3.26. The predicted octanol–water partition coefficient (Wildman–Crippen LogP) is 2.99. The molecule has 2 aromatic heterocycles. The number of piperidine rings is 1. The van der Waals surface area contributed by atoms with E-state index in [1.807, 2.05) is 0 Å². The summed E-state index contributed by atoms with van der Waals surface area (Å²) in [5.41, 5.74) is 0.537. The lowest BCUT2D eigenvalue weighted by atomic mass is 10.1. The van der Waals surface area contributed by atoms with Gasteiger partial charge in [-0.1, -0.05) is 13.8 Å². The maximum absolute atomic E-state index is 12.8. The van der Waals surface area contributed by atoms with Crippen LogP contribution in [-0.4, -0.2) is 92.6 Å². The Labute approximate surface area is 220 Å². The fraction of sp³-hybridized carbons (Fsp3) is 0.680. The van der Waals surface area contributed by atoms with Crippen LogP contribution in [0.2, 0.25) is 0 Å². The van der Waals surface area contributed by atoms with E-state index in [2.05, 4.69) is 44.0 Å². The van der Waals surface area contributed by atoms with Crippen molar-refractivity contribution in [2.75, 3.05) is 43.8 Å². The summed E-state index contributed by atoms with van der Waals surface area (Å²) < 4.78 is 28.8.